The van der Waals surface area contributed by atoms with Crippen LogP contribution in [0.15, 0.2) is 27.6 Å². The second-order valence-electron chi connectivity index (χ2n) is 4.56. The Balaban J connectivity index is 1.95. The standard InChI is InChI=1S/C12H17BrClN3O2S/c13-10-1-2-11(14)12(9-10)20(18,19)16-5-8-17-6-3-15-4-7-17/h1-2,9,15-16H,3-8H2. The molecule has 0 bridgehead atoms. The van der Waals surface area contributed by atoms with Crippen LogP contribution in [0.4, 0.5) is 0 Å². The number of nitrogens with zero attached hydrogens (tertiary/aromatic N) is 1. The van der Waals surface area contributed by atoms with Crippen LogP contribution in [-0.2, 0) is 10.0 Å². The molecule has 1 saturated heterocycles. The lowest BCUT2D eigenvalue weighted by Gasteiger charge is -2.27. The molecule has 1 aliphatic rings. The molecule has 0 saturated carbocycles. The van der Waals surface area contributed by atoms with E-state index >= 15 is 0 Å². The number of nitrogens with one attached hydrogen (secondary N) is 2. The Morgan fingerprint density at radius 3 is 2.75 bits per heavy atom. The predicted molar refractivity (Wildman–Crippen MR) is 83.7 cm³/mol. The summed E-state index contributed by atoms with van der Waals surface area (Å²) in [5.41, 5.74) is 0. The van der Waals surface area contributed by atoms with Crippen LogP contribution in [0.5, 0.6) is 0 Å². The summed E-state index contributed by atoms with van der Waals surface area (Å²) in [5, 5.41) is 3.48. The summed E-state index contributed by atoms with van der Waals surface area (Å²) in [6.07, 6.45) is 0. The predicted octanol–water partition coefficient (Wildman–Crippen LogP) is 1.29. The van der Waals surface area contributed by atoms with Gasteiger partial charge in [-0.15, -0.1) is 0 Å². The summed E-state index contributed by atoms with van der Waals surface area (Å²) in [6, 6.07) is 4.79. The van der Waals surface area contributed by atoms with Gasteiger partial charge in [0.15, 0.2) is 0 Å². The summed E-state index contributed by atoms with van der Waals surface area (Å²) in [4.78, 5) is 2.33. The van der Waals surface area contributed by atoms with Crippen LogP contribution in [0.25, 0.3) is 0 Å². The van der Waals surface area contributed by atoms with Crippen LogP contribution >= 0.6 is 27.5 Å². The molecule has 0 aliphatic carbocycles. The summed E-state index contributed by atoms with van der Waals surface area (Å²) in [6.45, 7) is 4.87. The highest BCUT2D eigenvalue weighted by Gasteiger charge is 2.18. The van der Waals surface area contributed by atoms with Gasteiger partial charge in [-0.2, -0.15) is 0 Å². The van der Waals surface area contributed by atoms with Gasteiger partial charge in [0.1, 0.15) is 4.90 Å². The summed E-state index contributed by atoms with van der Waals surface area (Å²) >= 11 is 9.20. The summed E-state index contributed by atoms with van der Waals surface area (Å²) in [7, 11) is -3.57. The topological polar surface area (TPSA) is 61.4 Å². The van der Waals surface area contributed by atoms with E-state index in [1.807, 2.05) is 0 Å². The minimum atomic E-state index is -3.57. The monoisotopic (exact) mass is 381 g/mol. The van der Waals surface area contributed by atoms with Crippen LogP contribution < -0.4 is 10.0 Å². The lowest BCUT2D eigenvalue weighted by molar-refractivity contribution is 0.245. The molecule has 1 aromatic rings. The van der Waals surface area contributed by atoms with Crippen molar-refractivity contribution in [2.24, 2.45) is 0 Å². The first-order chi connectivity index (χ1) is 9.49. The number of rotatable bonds is 5. The number of sulfonamides is 1. The first-order valence-corrected chi connectivity index (χ1v) is 9.02. The van der Waals surface area contributed by atoms with E-state index in [9.17, 15) is 8.42 Å². The third-order valence-corrected chi connectivity index (χ3v) is 5.55. The number of hydrogen-bond acceptors (Lipinski definition) is 4. The van der Waals surface area contributed by atoms with Crippen LogP contribution in [0, 0.1) is 0 Å². The summed E-state index contributed by atoms with van der Waals surface area (Å²) < 4.78 is 27.7. The lowest BCUT2D eigenvalue weighted by Crippen LogP contribution is -2.46. The average molecular weight is 383 g/mol. The van der Waals surface area contributed by atoms with Crippen molar-refractivity contribution in [2.45, 2.75) is 4.90 Å². The summed E-state index contributed by atoms with van der Waals surface area (Å²) in [5.74, 6) is 0. The normalized spacial score (nSPS) is 17.3. The van der Waals surface area contributed by atoms with E-state index < -0.39 is 10.0 Å². The van der Waals surface area contributed by atoms with Gasteiger partial charge in [-0.25, -0.2) is 13.1 Å². The van der Waals surface area contributed by atoms with E-state index in [1.165, 1.54) is 6.07 Å². The number of hydrogen-bond donors (Lipinski definition) is 2. The molecule has 1 heterocycles. The fraction of sp³-hybridized carbons (Fsp3) is 0.500. The van der Waals surface area contributed by atoms with Gasteiger partial charge in [0.2, 0.25) is 10.0 Å². The molecule has 2 rings (SSSR count). The Morgan fingerprint density at radius 2 is 2.05 bits per heavy atom. The minimum Gasteiger partial charge on any atom is -0.314 e. The molecule has 2 N–H and O–H groups in total. The van der Waals surface area contributed by atoms with Crippen LogP contribution in [0.2, 0.25) is 5.02 Å². The number of halogens is 2. The van der Waals surface area contributed by atoms with Crippen molar-refractivity contribution in [3.63, 3.8) is 0 Å². The van der Waals surface area contributed by atoms with Crippen molar-refractivity contribution in [1.29, 1.82) is 0 Å². The Bertz CT molecular complexity index is 562. The van der Waals surface area contributed by atoms with E-state index in [-0.39, 0.29) is 9.92 Å². The molecule has 0 spiro atoms. The molecule has 20 heavy (non-hydrogen) atoms. The van der Waals surface area contributed by atoms with Crippen molar-refractivity contribution < 1.29 is 8.42 Å². The Kier molecular flexibility index (Phi) is 5.83. The largest absolute Gasteiger partial charge is 0.314 e. The Labute approximate surface area is 132 Å². The molecule has 0 aromatic heterocycles. The third-order valence-electron chi connectivity index (χ3n) is 3.11. The molecule has 0 radical (unpaired) electrons. The zero-order valence-corrected chi connectivity index (χ0v) is 14.1. The van der Waals surface area contributed by atoms with Gasteiger partial charge in [-0.1, -0.05) is 27.5 Å². The van der Waals surface area contributed by atoms with Gasteiger partial charge in [0.05, 0.1) is 5.02 Å². The fourth-order valence-corrected chi connectivity index (χ4v) is 4.09. The van der Waals surface area contributed by atoms with E-state index in [0.717, 1.165) is 26.2 Å². The van der Waals surface area contributed by atoms with Gasteiger partial charge < -0.3 is 5.32 Å². The second kappa shape index (κ2) is 7.20. The van der Waals surface area contributed by atoms with Gasteiger partial charge in [0, 0.05) is 43.7 Å². The van der Waals surface area contributed by atoms with Gasteiger partial charge >= 0.3 is 0 Å². The van der Waals surface area contributed by atoms with Crippen LogP contribution in [-0.4, -0.2) is 52.6 Å². The van der Waals surface area contributed by atoms with E-state index in [2.05, 4.69) is 30.9 Å². The zero-order chi connectivity index (χ0) is 14.6. The first kappa shape index (κ1) is 16.2. The van der Waals surface area contributed by atoms with Crippen molar-refractivity contribution >= 4 is 37.6 Å². The quantitative estimate of drug-likeness (QED) is 0.805. The molecule has 0 atom stereocenters. The van der Waals surface area contributed by atoms with Gasteiger partial charge in [-0.05, 0) is 18.2 Å². The Hall–Kier alpha value is -0.180. The second-order valence-corrected chi connectivity index (χ2v) is 7.62. The van der Waals surface area contributed by atoms with Crippen molar-refractivity contribution in [2.75, 3.05) is 39.3 Å². The van der Waals surface area contributed by atoms with Crippen LogP contribution in [0.1, 0.15) is 0 Å². The molecule has 0 amide bonds. The molecule has 1 aromatic carbocycles. The average Bonchev–Trinajstić information content (AvgIpc) is 2.42. The van der Waals surface area contributed by atoms with E-state index in [0.29, 0.717) is 17.6 Å². The van der Waals surface area contributed by atoms with E-state index in [1.54, 1.807) is 12.1 Å². The molecule has 5 nitrogen and oxygen atoms in total. The maximum atomic E-state index is 12.2. The molecule has 1 aliphatic heterocycles. The van der Waals surface area contributed by atoms with Gasteiger partial charge in [0.25, 0.3) is 0 Å². The van der Waals surface area contributed by atoms with Crippen molar-refractivity contribution in [3.8, 4) is 0 Å². The SMILES string of the molecule is O=S(=O)(NCCN1CCNCC1)c1cc(Br)ccc1Cl. The lowest BCUT2D eigenvalue weighted by atomic mass is 10.3. The Morgan fingerprint density at radius 1 is 1.35 bits per heavy atom. The van der Waals surface area contributed by atoms with Gasteiger partial charge in [-0.3, -0.25) is 4.90 Å². The highest BCUT2D eigenvalue weighted by Crippen LogP contribution is 2.24. The molecular weight excluding hydrogens is 366 g/mol. The minimum absolute atomic E-state index is 0.105. The fourth-order valence-electron chi connectivity index (χ4n) is 2.03. The molecule has 0 unspecified atom stereocenters. The van der Waals surface area contributed by atoms with Crippen molar-refractivity contribution in [3.05, 3.63) is 27.7 Å². The molecular formula is C12H17BrClN3O2S. The number of benzene rings is 1. The molecule has 1 fully saturated rings. The highest BCUT2D eigenvalue weighted by molar-refractivity contribution is 9.10. The van der Waals surface area contributed by atoms with Crippen molar-refractivity contribution in [1.82, 2.24) is 14.9 Å². The van der Waals surface area contributed by atoms with Crippen LogP contribution in [0.3, 0.4) is 0 Å². The molecule has 8 heteroatoms. The van der Waals surface area contributed by atoms with E-state index in [4.69, 9.17) is 11.6 Å². The first-order valence-electron chi connectivity index (χ1n) is 6.37. The zero-order valence-electron chi connectivity index (χ0n) is 10.9. The highest BCUT2D eigenvalue weighted by atomic mass is 79.9. The maximum Gasteiger partial charge on any atom is 0.242 e. The maximum absolute atomic E-state index is 12.2. The smallest absolute Gasteiger partial charge is 0.242 e. The third kappa shape index (κ3) is 4.41. The number of piperazine rings is 1. The molecule has 112 valence electrons.